The molecular weight excluding hydrogens is 488 g/mol. The fourth-order valence-corrected chi connectivity index (χ4v) is 7.39. The van der Waals surface area contributed by atoms with E-state index >= 15 is 0 Å². The highest BCUT2D eigenvalue weighted by molar-refractivity contribution is 7.80. The second-order valence-electron chi connectivity index (χ2n) is 11.0. The van der Waals surface area contributed by atoms with Crippen LogP contribution in [0.2, 0.25) is 0 Å². The first-order valence-corrected chi connectivity index (χ1v) is 14.2. The van der Waals surface area contributed by atoms with Gasteiger partial charge in [-0.1, -0.05) is 54.6 Å². The lowest BCUT2D eigenvalue weighted by Gasteiger charge is -2.53. The van der Waals surface area contributed by atoms with Crippen molar-refractivity contribution in [2.24, 2.45) is 11.8 Å². The van der Waals surface area contributed by atoms with Crippen molar-refractivity contribution in [2.45, 2.75) is 37.1 Å². The van der Waals surface area contributed by atoms with Crippen molar-refractivity contribution in [1.82, 2.24) is 4.90 Å². The maximum atomic E-state index is 6.16. The fourth-order valence-electron chi connectivity index (χ4n) is 7.10. The molecule has 196 valence electrons. The van der Waals surface area contributed by atoms with Crippen LogP contribution >= 0.6 is 12.2 Å². The summed E-state index contributed by atoms with van der Waals surface area (Å²) in [6, 6.07) is 27.9. The first-order valence-electron chi connectivity index (χ1n) is 13.8. The van der Waals surface area contributed by atoms with Gasteiger partial charge in [-0.05, 0) is 97.7 Å². The van der Waals surface area contributed by atoms with Crippen LogP contribution in [0.1, 0.15) is 36.8 Å². The van der Waals surface area contributed by atoms with Crippen molar-refractivity contribution in [2.75, 3.05) is 31.6 Å². The van der Waals surface area contributed by atoms with Gasteiger partial charge in [-0.2, -0.15) is 0 Å². The lowest BCUT2D eigenvalue weighted by atomic mass is 9.63. The molecule has 5 heteroatoms. The zero-order chi connectivity index (χ0) is 26.1. The Labute approximate surface area is 231 Å². The van der Waals surface area contributed by atoms with Crippen molar-refractivity contribution < 1.29 is 9.47 Å². The number of anilines is 1. The van der Waals surface area contributed by atoms with Crippen LogP contribution in [0.4, 0.5) is 5.69 Å². The number of piperidine rings is 3. The van der Waals surface area contributed by atoms with E-state index in [1.807, 2.05) is 36.4 Å². The molecule has 3 saturated heterocycles. The Balaban J connectivity index is 1.41. The van der Waals surface area contributed by atoms with E-state index in [-0.39, 0.29) is 5.41 Å². The van der Waals surface area contributed by atoms with E-state index in [1.165, 1.54) is 30.5 Å². The first-order chi connectivity index (χ1) is 18.6. The minimum atomic E-state index is -0.143. The van der Waals surface area contributed by atoms with Gasteiger partial charge in [0.2, 0.25) is 0 Å². The van der Waals surface area contributed by atoms with E-state index in [1.54, 1.807) is 7.11 Å². The van der Waals surface area contributed by atoms with Crippen LogP contribution in [0.25, 0.3) is 0 Å². The number of hydrogen-bond acceptors (Lipinski definition) is 4. The summed E-state index contributed by atoms with van der Waals surface area (Å²) in [6.07, 6.45) is 6.75. The zero-order valence-electron chi connectivity index (χ0n) is 22.1. The summed E-state index contributed by atoms with van der Waals surface area (Å²) in [6.45, 7) is 7.26. The van der Waals surface area contributed by atoms with Gasteiger partial charge in [-0.3, -0.25) is 4.90 Å². The van der Waals surface area contributed by atoms with Crippen molar-refractivity contribution in [3.63, 3.8) is 0 Å². The quantitative estimate of drug-likeness (QED) is 0.260. The van der Waals surface area contributed by atoms with Gasteiger partial charge < -0.3 is 14.4 Å². The normalized spacial score (nSPS) is 27.9. The number of nitrogens with zero attached hydrogens (tertiary/aromatic N) is 2. The average molecular weight is 525 g/mol. The predicted molar refractivity (Wildman–Crippen MR) is 158 cm³/mol. The standard InChI is InChI=1S/C33H36N2O2S/c1-3-24-23-34-18-16-25(24)20-27(34)22-33(26-10-6-4-7-11-26)17-19-35(31-15-14-29(36-2)21-30(31)33)32(38)37-28-12-8-5-9-13-28/h3-15,21,24-25,27H,1,16-20,22-23H2,2H3. The number of fused-ring (bicyclic) bond motifs is 4. The Morgan fingerprint density at radius 3 is 2.47 bits per heavy atom. The Morgan fingerprint density at radius 2 is 1.79 bits per heavy atom. The molecule has 4 aliphatic heterocycles. The van der Waals surface area contributed by atoms with Crippen molar-refractivity contribution in [1.29, 1.82) is 0 Å². The Bertz CT molecular complexity index is 1300. The number of thiocarbonyl (C=S) groups is 1. The molecule has 0 N–H and O–H groups in total. The largest absolute Gasteiger partial charge is 0.497 e. The van der Waals surface area contributed by atoms with Gasteiger partial charge >= 0.3 is 0 Å². The highest BCUT2D eigenvalue weighted by atomic mass is 32.1. The highest BCUT2D eigenvalue weighted by Crippen LogP contribution is 2.51. The zero-order valence-corrected chi connectivity index (χ0v) is 22.9. The van der Waals surface area contributed by atoms with Crippen LogP contribution in [0.3, 0.4) is 0 Å². The number of hydrogen-bond donors (Lipinski definition) is 0. The second-order valence-corrected chi connectivity index (χ2v) is 11.3. The van der Waals surface area contributed by atoms with Gasteiger partial charge in [0.05, 0.1) is 7.11 Å². The van der Waals surface area contributed by atoms with Crippen molar-refractivity contribution >= 4 is 23.1 Å². The molecule has 3 aromatic rings. The molecule has 7 rings (SSSR count). The highest BCUT2D eigenvalue weighted by Gasteiger charge is 2.47. The summed E-state index contributed by atoms with van der Waals surface area (Å²) in [5, 5.41) is 0.485. The van der Waals surface area contributed by atoms with Crippen LogP contribution in [0.15, 0.2) is 91.5 Å². The second kappa shape index (κ2) is 10.5. The molecule has 3 aromatic carbocycles. The maximum absolute atomic E-state index is 6.16. The summed E-state index contributed by atoms with van der Waals surface area (Å²) in [7, 11) is 1.75. The van der Waals surface area contributed by atoms with E-state index < -0.39 is 0 Å². The van der Waals surface area contributed by atoms with E-state index in [0.29, 0.717) is 17.1 Å². The fraction of sp³-hybridized carbons (Fsp3) is 0.364. The molecule has 4 nitrogen and oxygen atoms in total. The summed E-state index contributed by atoms with van der Waals surface area (Å²) in [5.41, 5.74) is 3.61. The van der Waals surface area contributed by atoms with Crippen molar-refractivity contribution in [3.05, 3.63) is 103 Å². The molecule has 0 amide bonds. The third kappa shape index (κ3) is 4.52. The monoisotopic (exact) mass is 524 g/mol. The van der Waals surface area contributed by atoms with Gasteiger partial charge in [0.15, 0.2) is 0 Å². The molecule has 2 bridgehead atoms. The molecule has 0 aromatic heterocycles. The van der Waals surface area contributed by atoms with Crippen LogP contribution in [0.5, 0.6) is 11.5 Å². The average Bonchev–Trinajstić information content (AvgIpc) is 2.98. The topological polar surface area (TPSA) is 24.9 Å². The van der Waals surface area contributed by atoms with E-state index in [2.05, 4.69) is 64.9 Å². The van der Waals surface area contributed by atoms with Gasteiger partial charge in [-0.15, -0.1) is 6.58 Å². The maximum Gasteiger partial charge on any atom is 0.269 e. The van der Waals surface area contributed by atoms with Crippen LogP contribution in [0, 0.1) is 11.8 Å². The lowest BCUT2D eigenvalue weighted by Crippen LogP contribution is -2.56. The van der Waals surface area contributed by atoms with Crippen LogP contribution in [-0.4, -0.2) is 42.9 Å². The molecule has 5 atom stereocenters. The molecule has 3 fully saturated rings. The smallest absolute Gasteiger partial charge is 0.269 e. The summed E-state index contributed by atoms with van der Waals surface area (Å²) >= 11 is 5.87. The van der Waals surface area contributed by atoms with Gasteiger partial charge in [0.25, 0.3) is 5.17 Å². The summed E-state index contributed by atoms with van der Waals surface area (Å²) < 4.78 is 11.9. The molecule has 4 aliphatic rings. The molecule has 4 heterocycles. The molecule has 5 unspecified atom stereocenters. The van der Waals surface area contributed by atoms with E-state index in [4.69, 9.17) is 21.7 Å². The third-order valence-electron chi connectivity index (χ3n) is 9.08. The molecule has 0 spiro atoms. The Kier molecular flexibility index (Phi) is 6.98. The summed E-state index contributed by atoms with van der Waals surface area (Å²) in [5.74, 6) is 3.00. The SMILES string of the molecule is C=CC1CN2CCC1CC2CC1(c2ccccc2)CCN(C(=S)Oc2ccccc2)c2ccc(OC)cc21. The predicted octanol–water partition coefficient (Wildman–Crippen LogP) is 6.84. The molecular formula is C33H36N2O2S. The third-order valence-corrected chi connectivity index (χ3v) is 9.39. The number of para-hydroxylation sites is 1. The molecule has 0 radical (unpaired) electrons. The molecule has 0 aliphatic carbocycles. The van der Waals surface area contributed by atoms with E-state index in [0.717, 1.165) is 49.0 Å². The number of methoxy groups -OCH3 is 1. The lowest BCUT2D eigenvalue weighted by molar-refractivity contribution is 0.00678. The van der Waals surface area contributed by atoms with Gasteiger partial charge in [-0.25, -0.2) is 0 Å². The van der Waals surface area contributed by atoms with Gasteiger partial charge in [0.1, 0.15) is 11.5 Å². The van der Waals surface area contributed by atoms with Crippen LogP contribution < -0.4 is 14.4 Å². The molecule has 0 saturated carbocycles. The number of ether oxygens (including phenoxy) is 2. The molecule has 38 heavy (non-hydrogen) atoms. The first kappa shape index (κ1) is 25.1. The van der Waals surface area contributed by atoms with Crippen molar-refractivity contribution in [3.8, 4) is 11.5 Å². The Hall–Kier alpha value is -3.15. The van der Waals surface area contributed by atoms with Gasteiger partial charge in [0, 0.05) is 30.2 Å². The van der Waals surface area contributed by atoms with E-state index in [9.17, 15) is 0 Å². The summed E-state index contributed by atoms with van der Waals surface area (Å²) in [4.78, 5) is 4.89. The number of benzene rings is 3. The number of rotatable bonds is 6. The Morgan fingerprint density at radius 1 is 1.03 bits per heavy atom. The minimum absolute atomic E-state index is 0.143. The van der Waals surface area contributed by atoms with Crippen LogP contribution in [-0.2, 0) is 5.41 Å². The minimum Gasteiger partial charge on any atom is -0.497 e.